The Labute approximate surface area is 101 Å². The van der Waals surface area contributed by atoms with Gasteiger partial charge in [0.1, 0.15) is 0 Å². The van der Waals surface area contributed by atoms with Crippen molar-refractivity contribution < 1.29 is 0 Å². The average Bonchev–Trinajstić information content (AvgIpc) is 2.28. The molecule has 0 fully saturated rings. The van der Waals surface area contributed by atoms with Crippen LogP contribution in [0.3, 0.4) is 0 Å². The van der Waals surface area contributed by atoms with Crippen LogP contribution in [-0.2, 0) is 0 Å². The SMILES string of the molecule is Nn1c(S)nnc(-c2ccc(Cl)cc2)c1=O. The Morgan fingerprint density at radius 1 is 1.25 bits per heavy atom. The molecule has 0 aliphatic carbocycles. The van der Waals surface area contributed by atoms with E-state index in [1.807, 2.05) is 0 Å². The van der Waals surface area contributed by atoms with Gasteiger partial charge in [0.05, 0.1) is 0 Å². The lowest BCUT2D eigenvalue weighted by Gasteiger charge is -2.03. The van der Waals surface area contributed by atoms with E-state index in [2.05, 4.69) is 22.8 Å². The molecule has 0 radical (unpaired) electrons. The molecule has 0 atom stereocenters. The van der Waals surface area contributed by atoms with Gasteiger partial charge in [-0.25, -0.2) is 0 Å². The number of nitrogen functional groups attached to an aromatic ring is 1. The molecule has 82 valence electrons. The molecule has 0 unspecified atom stereocenters. The summed E-state index contributed by atoms with van der Waals surface area (Å²) in [5.74, 6) is 5.45. The van der Waals surface area contributed by atoms with Gasteiger partial charge in [-0.2, -0.15) is 4.68 Å². The first kappa shape index (κ1) is 11.0. The summed E-state index contributed by atoms with van der Waals surface area (Å²) in [6.07, 6.45) is 0. The molecule has 0 bridgehead atoms. The molecule has 0 aliphatic heterocycles. The normalized spacial score (nSPS) is 10.4. The van der Waals surface area contributed by atoms with Gasteiger partial charge in [0.25, 0.3) is 5.56 Å². The van der Waals surface area contributed by atoms with Crippen LogP contribution in [0.1, 0.15) is 0 Å². The number of hydrogen-bond donors (Lipinski definition) is 2. The van der Waals surface area contributed by atoms with Crippen molar-refractivity contribution in [1.29, 1.82) is 0 Å². The molecule has 0 amide bonds. The first-order valence-electron chi connectivity index (χ1n) is 4.29. The van der Waals surface area contributed by atoms with Crippen molar-refractivity contribution >= 4 is 24.2 Å². The second kappa shape index (κ2) is 4.15. The van der Waals surface area contributed by atoms with E-state index in [9.17, 15) is 4.79 Å². The highest BCUT2D eigenvalue weighted by atomic mass is 35.5. The van der Waals surface area contributed by atoms with E-state index in [1.165, 1.54) is 0 Å². The number of nitrogens with two attached hydrogens (primary N) is 1. The molecule has 1 aromatic carbocycles. The second-order valence-corrected chi connectivity index (χ2v) is 3.87. The highest BCUT2D eigenvalue weighted by molar-refractivity contribution is 7.80. The van der Waals surface area contributed by atoms with Crippen molar-refractivity contribution in [3.63, 3.8) is 0 Å². The zero-order valence-corrected chi connectivity index (χ0v) is 9.61. The van der Waals surface area contributed by atoms with Gasteiger partial charge in [0.15, 0.2) is 5.69 Å². The number of halogens is 1. The molecule has 1 aromatic heterocycles. The van der Waals surface area contributed by atoms with E-state index in [1.54, 1.807) is 24.3 Å². The Kier molecular flexibility index (Phi) is 2.84. The van der Waals surface area contributed by atoms with Crippen LogP contribution in [0, 0.1) is 0 Å². The predicted octanol–water partition coefficient (Wildman–Crippen LogP) is 0.961. The molecule has 0 saturated carbocycles. The third-order valence-electron chi connectivity index (χ3n) is 1.99. The summed E-state index contributed by atoms with van der Waals surface area (Å²) < 4.78 is 0.833. The van der Waals surface area contributed by atoms with Crippen LogP contribution in [0.15, 0.2) is 34.2 Å². The van der Waals surface area contributed by atoms with Crippen LogP contribution in [0.25, 0.3) is 11.3 Å². The fourth-order valence-electron chi connectivity index (χ4n) is 1.18. The number of aromatic nitrogens is 3. The molecule has 16 heavy (non-hydrogen) atoms. The molecule has 2 N–H and O–H groups in total. The predicted molar refractivity (Wildman–Crippen MR) is 64.1 cm³/mol. The summed E-state index contributed by atoms with van der Waals surface area (Å²) in [6.45, 7) is 0. The third kappa shape index (κ3) is 1.89. The number of nitrogens with zero attached hydrogens (tertiary/aromatic N) is 3. The number of hydrogen-bond acceptors (Lipinski definition) is 5. The Morgan fingerprint density at radius 2 is 1.88 bits per heavy atom. The van der Waals surface area contributed by atoms with Gasteiger partial charge in [-0.05, 0) is 12.1 Å². The van der Waals surface area contributed by atoms with Gasteiger partial charge in [-0.3, -0.25) is 4.79 Å². The zero-order chi connectivity index (χ0) is 11.7. The monoisotopic (exact) mass is 254 g/mol. The molecule has 0 saturated heterocycles. The molecular weight excluding hydrogens is 248 g/mol. The van der Waals surface area contributed by atoms with Crippen LogP contribution in [0.5, 0.6) is 0 Å². The molecular formula is C9H7ClN4OS. The lowest BCUT2D eigenvalue weighted by Crippen LogP contribution is -2.31. The van der Waals surface area contributed by atoms with Gasteiger partial charge in [0.2, 0.25) is 5.16 Å². The maximum Gasteiger partial charge on any atom is 0.299 e. The van der Waals surface area contributed by atoms with Crippen LogP contribution < -0.4 is 11.4 Å². The molecule has 1 heterocycles. The van der Waals surface area contributed by atoms with Crippen molar-refractivity contribution in [2.75, 3.05) is 5.84 Å². The summed E-state index contributed by atoms with van der Waals surface area (Å²) >= 11 is 9.63. The van der Waals surface area contributed by atoms with E-state index >= 15 is 0 Å². The summed E-state index contributed by atoms with van der Waals surface area (Å²) in [5, 5.41) is 8.05. The molecule has 2 rings (SSSR count). The smallest absolute Gasteiger partial charge is 0.299 e. The minimum absolute atomic E-state index is 0.0581. The van der Waals surface area contributed by atoms with E-state index < -0.39 is 5.56 Å². The minimum atomic E-state index is -0.456. The van der Waals surface area contributed by atoms with E-state index in [4.69, 9.17) is 17.4 Å². The molecule has 7 heteroatoms. The molecule has 0 spiro atoms. The zero-order valence-electron chi connectivity index (χ0n) is 7.96. The van der Waals surface area contributed by atoms with Gasteiger partial charge < -0.3 is 5.84 Å². The van der Waals surface area contributed by atoms with Crippen LogP contribution in [0.2, 0.25) is 5.02 Å². The summed E-state index contributed by atoms with van der Waals surface area (Å²) in [7, 11) is 0. The van der Waals surface area contributed by atoms with Crippen molar-refractivity contribution in [3.05, 3.63) is 39.6 Å². The van der Waals surface area contributed by atoms with Crippen LogP contribution in [0.4, 0.5) is 0 Å². The Bertz CT molecular complexity index is 581. The van der Waals surface area contributed by atoms with Gasteiger partial charge >= 0.3 is 0 Å². The highest BCUT2D eigenvalue weighted by Crippen LogP contribution is 2.16. The maximum atomic E-state index is 11.7. The van der Waals surface area contributed by atoms with E-state index in [0.29, 0.717) is 10.6 Å². The fraction of sp³-hybridized carbons (Fsp3) is 0. The fourth-order valence-corrected chi connectivity index (χ4v) is 1.44. The van der Waals surface area contributed by atoms with E-state index in [-0.39, 0.29) is 10.9 Å². The van der Waals surface area contributed by atoms with Gasteiger partial charge in [-0.1, -0.05) is 23.7 Å². The number of rotatable bonds is 1. The minimum Gasteiger partial charge on any atom is -0.334 e. The van der Waals surface area contributed by atoms with Gasteiger partial charge in [-0.15, -0.1) is 22.8 Å². The summed E-state index contributed by atoms with van der Waals surface area (Å²) in [5.41, 5.74) is 0.314. The van der Waals surface area contributed by atoms with Gasteiger partial charge in [0, 0.05) is 10.6 Å². The highest BCUT2D eigenvalue weighted by Gasteiger charge is 2.09. The molecule has 0 aliphatic rings. The Balaban J connectivity index is 2.61. The molecule has 5 nitrogen and oxygen atoms in total. The van der Waals surface area contributed by atoms with Crippen molar-refractivity contribution in [3.8, 4) is 11.3 Å². The van der Waals surface area contributed by atoms with Crippen molar-refractivity contribution in [1.82, 2.24) is 14.9 Å². The van der Waals surface area contributed by atoms with Crippen molar-refractivity contribution in [2.24, 2.45) is 0 Å². The summed E-state index contributed by atoms with van der Waals surface area (Å²) in [6, 6.07) is 6.67. The standard InChI is InChI=1S/C9H7ClN4OS/c10-6-3-1-5(2-4-6)7-8(15)14(11)9(16)13-12-7/h1-4H,11H2,(H,13,16). The first-order valence-corrected chi connectivity index (χ1v) is 5.12. The summed E-state index contributed by atoms with van der Waals surface area (Å²) in [4.78, 5) is 11.7. The largest absolute Gasteiger partial charge is 0.334 e. The average molecular weight is 255 g/mol. The second-order valence-electron chi connectivity index (χ2n) is 3.03. The number of benzene rings is 1. The topological polar surface area (TPSA) is 73.8 Å². The maximum absolute atomic E-state index is 11.7. The third-order valence-corrected chi connectivity index (χ3v) is 2.55. The van der Waals surface area contributed by atoms with Crippen molar-refractivity contribution in [2.45, 2.75) is 5.16 Å². The quantitative estimate of drug-likeness (QED) is 0.587. The lowest BCUT2D eigenvalue weighted by atomic mass is 10.2. The number of thiol groups is 1. The van der Waals surface area contributed by atoms with Crippen LogP contribution >= 0.6 is 24.2 Å². The Morgan fingerprint density at radius 3 is 2.50 bits per heavy atom. The first-order chi connectivity index (χ1) is 7.59. The lowest BCUT2D eigenvalue weighted by molar-refractivity contribution is 0.707. The Hall–Kier alpha value is -1.53. The molecule has 2 aromatic rings. The van der Waals surface area contributed by atoms with E-state index in [0.717, 1.165) is 4.68 Å². The van der Waals surface area contributed by atoms with Crippen LogP contribution in [-0.4, -0.2) is 14.9 Å².